The van der Waals surface area contributed by atoms with Gasteiger partial charge in [-0.1, -0.05) is 22.0 Å². The highest BCUT2D eigenvalue weighted by molar-refractivity contribution is 9.10. The maximum Gasteiger partial charge on any atom is 0.237 e. The lowest BCUT2D eigenvalue weighted by molar-refractivity contribution is 0.382. The number of benzene rings is 1. The first-order chi connectivity index (χ1) is 9.17. The Kier molecular flexibility index (Phi) is 4.41. The van der Waals surface area contributed by atoms with Crippen LogP contribution >= 0.6 is 15.9 Å². The average Bonchev–Trinajstić information content (AvgIpc) is 2.42. The minimum absolute atomic E-state index is 0.299. The normalized spacial score (nSPS) is 12.2. The molecule has 1 atom stereocenters. The summed E-state index contributed by atoms with van der Waals surface area (Å²) >= 11 is 3.21. The lowest BCUT2D eigenvalue weighted by Gasteiger charge is -2.18. The Labute approximate surface area is 118 Å². The molecule has 1 aromatic heterocycles. The molecule has 1 heterocycles. The first kappa shape index (κ1) is 13.9. The van der Waals surface area contributed by atoms with Gasteiger partial charge in [-0.15, -0.1) is 0 Å². The van der Waals surface area contributed by atoms with Crippen LogP contribution in [-0.4, -0.2) is 17.1 Å². The summed E-state index contributed by atoms with van der Waals surface area (Å²) in [5, 5.41) is 0. The molecule has 0 amide bonds. The molecular formula is C12H12BrFN4O. The third-order valence-electron chi connectivity index (χ3n) is 2.60. The monoisotopic (exact) mass is 326 g/mol. The van der Waals surface area contributed by atoms with Crippen molar-refractivity contribution in [3.8, 4) is 5.88 Å². The van der Waals surface area contributed by atoms with E-state index < -0.39 is 11.9 Å². The molecule has 0 aliphatic rings. The van der Waals surface area contributed by atoms with Crippen LogP contribution in [0, 0.1) is 5.82 Å². The van der Waals surface area contributed by atoms with Gasteiger partial charge in [-0.25, -0.2) is 14.8 Å². The van der Waals surface area contributed by atoms with E-state index in [1.165, 1.54) is 25.6 Å². The number of methoxy groups -OCH3 is 1. The quantitative estimate of drug-likeness (QED) is 0.663. The molecule has 1 aromatic carbocycles. The van der Waals surface area contributed by atoms with Crippen LogP contribution in [0.5, 0.6) is 5.88 Å². The van der Waals surface area contributed by atoms with Gasteiger partial charge in [0.25, 0.3) is 0 Å². The van der Waals surface area contributed by atoms with Crippen LogP contribution in [0.25, 0.3) is 0 Å². The van der Waals surface area contributed by atoms with E-state index in [1.54, 1.807) is 12.1 Å². The molecule has 0 spiro atoms. The minimum Gasteiger partial charge on any atom is -0.480 e. The molecule has 2 aromatic rings. The highest BCUT2D eigenvalue weighted by Gasteiger charge is 2.22. The first-order valence-corrected chi connectivity index (χ1v) is 6.22. The van der Waals surface area contributed by atoms with Crippen molar-refractivity contribution in [2.24, 2.45) is 5.84 Å². The van der Waals surface area contributed by atoms with Crippen molar-refractivity contribution in [2.45, 2.75) is 6.04 Å². The zero-order valence-corrected chi connectivity index (χ0v) is 11.7. The summed E-state index contributed by atoms with van der Waals surface area (Å²) in [4.78, 5) is 8.18. The molecule has 0 radical (unpaired) electrons. The SMILES string of the molecule is COc1nccnc1C(NN)c1ccc(Br)cc1F. The molecule has 5 nitrogen and oxygen atoms in total. The topological polar surface area (TPSA) is 73.1 Å². The predicted octanol–water partition coefficient (Wildman–Crippen LogP) is 1.94. The number of nitrogens with one attached hydrogen (secondary N) is 1. The predicted molar refractivity (Wildman–Crippen MR) is 71.9 cm³/mol. The molecule has 0 fully saturated rings. The molecule has 7 heteroatoms. The molecule has 19 heavy (non-hydrogen) atoms. The molecule has 2 rings (SSSR count). The van der Waals surface area contributed by atoms with Crippen molar-refractivity contribution in [2.75, 3.05) is 7.11 Å². The maximum atomic E-state index is 14.0. The minimum atomic E-state index is -0.642. The summed E-state index contributed by atoms with van der Waals surface area (Å²) in [5.74, 6) is 5.42. The average molecular weight is 327 g/mol. The zero-order chi connectivity index (χ0) is 13.8. The van der Waals surface area contributed by atoms with Gasteiger partial charge in [0.2, 0.25) is 5.88 Å². The van der Waals surface area contributed by atoms with Crippen LogP contribution in [0.1, 0.15) is 17.3 Å². The van der Waals surface area contributed by atoms with E-state index in [4.69, 9.17) is 10.6 Å². The molecule has 0 aliphatic heterocycles. The first-order valence-electron chi connectivity index (χ1n) is 5.43. The fourth-order valence-electron chi connectivity index (χ4n) is 1.74. The molecule has 0 saturated heterocycles. The van der Waals surface area contributed by atoms with Gasteiger partial charge in [-0.3, -0.25) is 10.8 Å². The van der Waals surface area contributed by atoms with E-state index >= 15 is 0 Å². The van der Waals surface area contributed by atoms with Crippen molar-refractivity contribution in [3.63, 3.8) is 0 Å². The van der Waals surface area contributed by atoms with E-state index in [-0.39, 0.29) is 0 Å². The van der Waals surface area contributed by atoms with Gasteiger partial charge in [0.1, 0.15) is 11.5 Å². The van der Waals surface area contributed by atoms with Gasteiger partial charge in [-0.2, -0.15) is 0 Å². The van der Waals surface area contributed by atoms with Gasteiger partial charge in [0, 0.05) is 22.4 Å². The second-order valence-electron chi connectivity index (χ2n) is 3.72. The summed E-state index contributed by atoms with van der Waals surface area (Å²) in [5.41, 5.74) is 3.32. The summed E-state index contributed by atoms with van der Waals surface area (Å²) in [6, 6.07) is 4.07. The third kappa shape index (κ3) is 2.89. The van der Waals surface area contributed by atoms with Crippen molar-refractivity contribution < 1.29 is 9.13 Å². The van der Waals surface area contributed by atoms with Crippen molar-refractivity contribution in [1.29, 1.82) is 0 Å². The number of hydrogen-bond acceptors (Lipinski definition) is 5. The van der Waals surface area contributed by atoms with E-state index in [1.807, 2.05) is 0 Å². The van der Waals surface area contributed by atoms with Crippen LogP contribution in [0.15, 0.2) is 35.1 Å². The molecule has 100 valence electrons. The van der Waals surface area contributed by atoms with Gasteiger partial charge in [0.05, 0.1) is 13.2 Å². The lowest BCUT2D eigenvalue weighted by Crippen LogP contribution is -2.30. The Morgan fingerprint density at radius 3 is 2.74 bits per heavy atom. The second kappa shape index (κ2) is 6.05. The summed E-state index contributed by atoms with van der Waals surface area (Å²) < 4.78 is 19.8. The number of ether oxygens (including phenoxy) is 1. The number of nitrogens with two attached hydrogens (primary N) is 1. The highest BCUT2D eigenvalue weighted by Crippen LogP contribution is 2.28. The molecule has 0 aliphatic carbocycles. The van der Waals surface area contributed by atoms with Gasteiger partial charge in [0.15, 0.2) is 0 Å². The summed E-state index contributed by atoms with van der Waals surface area (Å²) in [6.07, 6.45) is 2.99. The van der Waals surface area contributed by atoms with E-state index in [2.05, 4.69) is 31.3 Å². The van der Waals surface area contributed by atoms with E-state index in [9.17, 15) is 4.39 Å². The van der Waals surface area contributed by atoms with Gasteiger partial charge < -0.3 is 4.74 Å². The molecule has 0 bridgehead atoms. The Bertz CT molecular complexity index is 581. The van der Waals surface area contributed by atoms with E-state index in [0.717, 1.165) is 0 Å². The molecule has 1 unspecified atom stereocenters. The lowest BCUT2D eigenvalue weighted by atomic mass is 10.0. The third-order valence-corrected chi connectivity index (χ3v) is 3.09. The largest absolute Gasteiger partial charge is 0.480 e. The number of rotatable bonds is 4. The van der Waals surface area contributed by atoms with Crippen LogP contribution in [0.3, 0.4) is 0 Å². The van der Waals surface area contributed by atoms with Crippen molar-refractivity contribution in [1.82, 2.24) is 15.4 Å². The Hall–Kier alpha value is -1.57. The van der Waals surface area contributed by atoms with Gasteiger partial charge in [-0.05, 0) is 12.1 Å². The van der Waals surface area contributed by atoms with Crippen LogP contribution in [0.2, 0.25) is 0 Å². The number of nitrogens with zero attached hydrogens (tertiary/aromatic N) is 2. The van der Waals surface area contributed by atoms with E-state index in [0.29, 0.717) is 21.6 Å². The Balaban J connectivity index is 2.50. The van der Waals surface area contributed by atoms with Crippen LogP contribution in [0.4, 0.5) is 4.39 Å². The molecule has 0 saturated carbocycles. The van der Waals surface area contributed by atoms with Crippen LogP contribution < -0.4 is 16.0 Å². The number of hydrazine groups is 1. The zero-order valence-electron chi connectivity index (χ0n) is 10.1. The number of hydrogen-bond donors (Lipinski definition) is 2. The number of aromatic nitrogens is 2. The van der Waals surface area contributed by atoms with Gasteiger partial charge >= 0.3 is 0 Å². The fraction of sp³-hybridized carbons (Fsp3) is 0.167. The Morgan fingerprint density at radius 1 is 1.37 bits per heavy atom. The van der Waals surface area contributed by atoms with Crippen molar-refractivity contribution in [3.05, 3.63) is 52.1 Å². The number of halogens is 2. The van der Waals surface area contributed by atoms with Crippen LogP contribution in [-0.2, 0) is 0 Å². The second-order valence-corrected chi connectivity index (χ2v) is 4.63. The maximum absolute atomic E-state index is 14.0. The smallest absolute Gasteiger partial charge is 0.237 e. The van der Waals surface area contributed by atoms with Crippen molar-refractivity contribution >= 4 is 15.9 Å². The molecular weight excluding hydrogens is 315 g/mol. The highest BCUT2D eigenvalue weighted by atomic mass is 79.9. The Morgan fingerprint density at radius 2 is 2.11 bits per heavy atom. The summed E-state index contributed by atoms with van der Waals surface area (Å²) in [7, 11) is 1.47. The molecule has 3 N–H and O–H groups in total. The summed E-state index contributed by atoms with van der Waals surface area (Å²) in [6.45, 7) is 0. The standard InChI is InChI=1S/C12H12BrFN4O/c1-19-12-11(16-4-5-17-12)10(18-15)8-3-2-7(13)6-9(8)14/h2-6,10,18H,15H2,1H3. The fourth-order valence-corrected chi connectivity index (χ4v) is 2.08.